The highest BCUT2D eigenvalue weighted by Gasteiger charge is 1.98. The molecule has 0 spiro atoms. The van der Waals surface area contributed by atoms with Crippen molar-refractivity contribution in [1.29, 1.82) is 0 Å². The summed E-state index contributed by atoms with van der Waals surface area (Å²) in [5.41, 5.74) is 2.31. The molecular weight excluding hydrogens is 212 g/mol. The molecule has 2 rings (SSSR count). The summed E-state index contributed by atoms with van der Waals surface area (Å²) in [4.78, 5) is 0. The van der Waals surface area contributed by atoms with Crippen LogP contribution in [0.1, 0.15) is 11.1 Å². The van der Waals surface area contributed by atoms with Gasteiger partial charge in [-0.15, -0.1) is 0 Å². The van der Waals surface area contributed by atoms with Crippen molar-refractivity contribution in [2.24, 2.45) is 0 Å². The third-order valence-electron chi connectivity index (χ3n) is 2.68. The van der Waals surface area contributed by atoms with Crippen molar-refractivity contribution < 1.29 is 9.84 Å². The first-order valence-corrected chi connectivity index (χ1v) is 5.72. The van der Waals surface area contributed by atoms with Gasteiger partial charge in [-0.25, -0.2) is 0 Å². The van der Waals surface area contributed by atoms with Gasteiger partial charge in [0.05, 0.1) is 6.61 Å². The van der Waals surface area contributed by atoms with Crippen LogP contribution >= 0.6 is 0 Å². The monoisotopic (exact) mass is 228 g/mol. The number of aromatic hydroxyl groups is 1. The second kappa shape index (κ2) is 5.39. The fourth-order valence-corrected chi connectivity index (χ4v) is 1.66. The molecule has 1 N–H and O–H groups in total. The van der Waals surface area contributed by atoms with Gasteiger partial charge in [-0.05, 0) is 36.2 Å². The van der Waals surface area contributed by atoms with E-state index in [1.165, 1.54) is 0 Å². The topological polar surface area (TPSA) is 29.5 Å². The molecule has 0 bridgehead atoms. The van der Waals surface area contributed by atoms with Crippen molar-refractivity contribution in [2.75, 3.05) is 6.61 Å². The van der Waals surface area contributed by atoms with E-state index in [0.717, 1.165) is 23.3 Å². The molecule has 0 radical (unpaired) electrons. The number of benzene rings is 2. The first-order valence-electron chi connectivity index (χ1n) is 5.72. The number of hydrogen-bond acceptors (Lipinski definition) is 2. The molecule has 88 valence electrons. The van der Waals surface area contributed by atoms with Crippen molar-refractivity contribution in [3.8, 4) is 11.5 Å². The molecule has 0 unspecified atom stereocenters. The van der Waals surface area contributed by atoms with Crippen LogP contribution in [-0.2, 0) is 6.42 Å². The maximum atomic E-state index is 9.17. The quantitative estimate of drug-likeness (QED) is 0.869. The number of phenols is 1. The van der Waals surface area contributed by atoms with E-state index in [-0.39, 0.29) is 0 Å². The van der Waals surface area contributed by atoms with Gasteiger partial charge >= 0.3 is 0 Å². The summed E-state index contributed by atoms with van der Waals surface area (Å²) < 4.78 is 5.71. The molecule has 0 saturated carbocycles. The first kappa shape index (κ1) is 11.5. The van der Waals surface area contributed by atoms with Crippen molar-refractivity contribution in [3.63, 3.8) is 0 Å². The van der Waals surface area contributed by atoms with Crippen LogP contribution in [0.3, 0.4) is 0 Å². The highest BCUT2D eigenvalue weighted by molar-refractivity contribution is 5.32. The minimum absolute atomic E-state index is 0.300. The molecule has 0 atom stereocenters. The molecule has 0 saturated heterocycles. The van der Waals surface area contributed by atoms with Crippen LogP contribution in [0, 0.1) is 6.92 Å². The van der Waals surface area contributed by atoms with E-state index >= 15 is 0 Å². The first-order chi connectivity index (χ1) is 8.25. The highest BCUT2D eigenvalue weighted by atomic mass is 16.5. The lowest BCUT2D eigenvalue weighted by molar-refractivity contribution is 0.319. The molecule has 0 aliphatic rings. The number of hydrogen-bond donors (Lipinski definition) is 1. The summed E-state index contributed by atoms with van der Waals surface area (Å²) in [6.45, 7) is 2.69. The lowest BCUT2D eigenvalue weighted by Crippen LogP contribution is -2.02. The van der Waals surface area contributed by atoms with Gasteiger partial charge in [0.15, 0.2) is 0 Å². The van der Waals surface area contributed by atoms with Gasteiger partial charge in [-0.3, -0.25) is 0 Å². The molecule has 0 heterocycles. The Balaban J connectivity index is 1.88. The van der Waals surface area contributed by atoms with Crippen molar-refractivity contribution in [1.82, 2.24) is 0 Å². The number of rotatable bonds is 4. The molecular formula is C15H16O2. The van der Waals surface area contributed by atoms with Gasteiger partial charge in [-0.2, -0.15) is 0 Å². The standard InChI is InChI=1S/C15H16O2/c1-12-4-2-3-5-15(12)17-11-10-13-6-8-14(16)9-7-13/h2-9,16H,10-11H2,1H3. The fraction of sp³-hybridized carbons (Fsp3) is 0.200. The van der Waals surface area contributed by atoms with Gasteiger partial charge in [0.2, 0.25) is 0 Å². The van der Waals surface area contributed by atoms with Crippen molar-refractivity contribution in [2.45, 2.75) is 13.3 Å². The van der Waals surface area contributed by atoms with Crippen LogP contribution in [0.5, 0.6) is 11.5 Å². The minimum Gasteiger partial charge on any atom is -0.508 e. The minimum atomic E-state index is 0.300. The number of ether oxygens (including phenoxy) is 1. The Morgan fingerprint density at radius 1 is 1.00 bits per heavy atom. The predicted octanol–water partition coefficient (Wildman–Crippen LogP) is 3.32. The van der Waals surface area contributed by atoms with Crippen LogP contribution in [0.4, 0.5) is 0 Å². The maximum Gasteiger partial charge on any atom is 0.122 e. The van der Waals surface area contributed by atoms with E-state index in [2.05, 4.69) is 0 Å². The van der Waals surface area contributed by atoms with Gasteiger partial charge in [0, 0.05) is 6.42 Å². The van der Waals surface area contributed by atoms with Gasteiger partial charge < -0.3 is 9.84 Å². The molecule has 2 nitrogen and oxygen atoms in total. The Morgan fingerprint density at radius 2 is 1.71 bits per heavy atom. The van der Waals surface area contributed by atoms with Crippen LogP contribution in [-0.4, -0.2) is 11.7 Å². The predicted molar refractivity (Wildman–Crippen MR) is 68.5 cm³/mol. The second-order valence-electron chi connectivity index (χ2n) is 4.03. The molecule has 0 aliphatic carbocycles. The molecule has 0 fully saturated rings. The smallest absolute Gasteiger partial charge is 0.122 e. The van der Waals surface area contributed by atoms with E-state index in [1.54, 1.807) is 12.1 Å². The Labute approximate surface area is 101 Å². The Hall–Kier alpha value is -1.96. The highest BCUT2D eigenvalue weighted by Crippen LogP contribution is 2.16. The van der Waals surface area contributed by atoms with E-state index in [1.807, 2.05) is 43.3 Å². The second-order valence-corrected chi connectivity index (χ2v) is 4.03. The SMILES string of the molecule is Cc1ccccc1OCCc1ccc(O)cc1. The molecule has 0 aromatic heterocycles. The Kier molecular flexibility index (Phi) is 3.66. The molecule has 0 amide bonds. The van der Waals surface area contributed by atoms with Gasteiger partial charge in [-0.1, -0.05) is 30.3 Å². The summed E-state index contributed by atoms with van der Waals surface area (Å²) in [6, 6.07) is 15.2. The summed E-state index contributed by atoms with van der Waals surface area (Å²) in [5.74, 6) is 1.24. The van der Waals surface area contributed by atoms with E-state index in [9.17, 15) is 0 Å². The molecule has 17 heavy (non-hydrogen) atoms. The zero-order valence-corrected chi connectivity index (χ0v) is 9.89. The number of aryl methyl sites for hydroxylation is 1. The number of phenolic OH excluding ortho intramolecular Hbond substituents is 1. The summed E-state index contributed by atoms with van der Waals surface area (Å²) in [6.07, 6.45) is 0.842. The Bertz CT molecular complexity index is 475. The molecule has 2 heteroatoms. The summed E-state index contributed by atoms with van der Waals surface area (Å²) in [7, 11) is 0. The molecule has 0 aliphatic heterocycles. The zero-order chi connectivity index (χ0) is 12.1. The van der Waals surface area contributed by atoms with E-state index in [0.29, 0.717) is 12.4 Å². The van der Waals surface area contributed by atoms with E-state index < -0.39 is 0 Å². The van der Waals surface area contributed by atoms with Crippen LogP contribution in [0.2, 0.25) is 0 Å². The lowest BCUT2D eigenvalue weighted by Gasteiger charge is -2.08. The maximum absolute atomic E-state index is 9.17. The normalized spacial score (nSPS) is 10.2. The Morgan fingerprint density at radius 3 is 2.41 bits per heavy atom. The summed E-state index contributed by atoms with van der Waals surface area (Å²) >= 11 is 0. The molecule has 2 aromatic carbocycles. The fourth-order valence-electron chi connectivity index (χ4n) is 1.66. The summed E-state index contributed by atoms with van der Waals surface area (Å²) in [5, 5.41) is 9.17. The third kappa shape index (κ3) is 3.25. The largest absolute Gasteiger partial charge is 0.508 e. The average molecular weight is 228 g/mol. The molecule has 2 aromatic rings. The van der Waals surface area contributed by atoms with Gasteiger partial charge in [0.25, 0.3) is 0 Å². The average Bonchev–Trinajstić information content (AvgIpc) is 2.34. The number of para-hydroxylation sites is 1. The van der Waals surface area contributed by atoms with Crippen LogP contribution in [0.25, 0.3) is 0 Å². The lowest BCUT2D eigenvalue weighted by atomic mass is 10.1. The van der Waals surface area contributed by atoms with Gasteiger partial charge in [0.1, 0.15) is 11.5 Å². The third-order valence-corrected chi connectivity index (χ3v) is 2.68. The van der Waals surface area contributed by atoms with Crippen LogP contribution in [0.15, 0.2) is 48.5 Å². The van der Waals surface area contributed by atoms with E-state index in [4.69, 9.17) is 9.84 Å². The zero-order valence-electron chi connectivity index (χ0n) is 9.89. The van der Waals surface area contributed by atoms with Crippen LogP contribution < -0.4 is 4.74 Å². The van der Waals surface area contributed by atoms with Crippen molar-refractivity contribution >= 4 is 0 Å². The van der Waals surface area contributed by atoms with Crippen molar-refractivity contribution in [3.05, 3.63) is 59.7 Å².